The second-order valence-electron chi connectivity index (χ2n) is 10.7. The summed E-state index contributed by atoms with van der Waals surface area (Å²) >= 11 is 0. The molecule has 3 atom stereocenters. The standard InChI is InChI=1S/C30H30F2N6O3/c1-18-27(38(21-6-4-3-5-7-21)35-30(18)20-13-33-36(2)14-20)12-28(39)34-26-16-37(22-11-29(40)41-17-22)15-23(26)19-8-9-24(31)25(32)10-19/h3-10,13-14,22-23,26H,11-12,15-17H2,1-2H3,(H,34,39)/t22?,23-,26+/m0/s1. The molecule has 6 rings (SSSR count). The van der Waals surface area contributed by atoms with Crippen molar-refractivity contribution in [1.29, 1.82) is 0 Å². The summed E-state index contributed by atoms with van der Waals surface area (Å²) in [7, 11) is 1.84. The van der Waals surface area contributed by atoms with Crippen LogP contribution in [0.25, 0.3) is 16.9 Å². The predicted octanol–water partition coefficient (Wildman–Crippen LogP) is 3.30. The number of para-hydroxylation sites is 1. The van der Waals surface area contributed by atoms with E-state index in [-0.39, 0.29) is 49.3 Å². The molecule has 1 amide bonds. The van der Waals surface area contributed by atoms with Crippen molar-refractivity contribution in [3.05, 3.63) is 89.4 Å². The number of nitrogens with one attached hydrogen (secondary N) is 1. The highest BCUT2D eigenvalue weighted by Gasteiger charge is 2.41. The molecule has 0 radical (unpaired) electrons. The number of likely N-dealkylation sites (tertiary alicyclic amines) is 1. The van der Waals surface area contributed by atoms with Crippen LogP contribution in [0.1, 0.15) is 29.2 Å². The molecule has 212 valence electrons. The fourth-order valence-corrected chi connectivity index (χ4v) is 5.84. The Morgan fingerprint density at radius 3 is 2.61 bits per heavy atom. The summed E-state index contributed by atoms with van der Waals surface area (Å²) in [5, 5.41) is 12.3. The van der Waals surface area contributed by atoms with Crippen LogP contribution in [0.15, 0.2) is 60.9 Å². The molecule has 0 bridgehead atoms. The van der Waals surface area contributed by atoms with Gasteiger partial charge in [0.2, 0.25) is 5.91 Å². The van der Waals surface area contributed by atoms with Gasteiger partial charge in [0.05, 0.1) is 42.2 Å². The molecule has 1 N–H and O–H groups in total. The van der Waals surface area contributed by atoms with Crippen LogP contribution in [0.3, 0.4) is 0 Å². The number of hydrogen-bond donors (Lipinski definition) is 1. The second-order valence-corrected chi connectivity index (χ2v) is 10.7. The fourth-order valence-electron chi connectivity index (χ4n) is 5.84. The lowest BCUT2D eigenvalue weighted by Gasteiger charge is -2.21. The van der Waals surface area contributed by atoms with E-state index in [1.165, 1.54) is 6.07 Å². The molecule has 9 nitrogen and oxygen atoms in total. The highest BCUT2D eigenvalue weighted by atomic mass is 19.2. The van der Waals surface area contributed by atoms with Gasteiger partial charge < -0.3 is 10.1 Å². The summed E-state index contributed by atoms with van der Waals surface area (Å²) in [5.74, 6) is -2.64. The lowest BCUT2D eigenvalue weighted by Crippen LogP contribution is -2.42. The molecule has 1 unspecified atom stereocenters. The quantitative estimate of drug-likeness (QED) is 0.349. The molecule has 41 heavy (non-hydrogen) atoms. The Morgan fingerprint density at radius 1 is 1.12 bits per heavy atom. The molecule has 0 saturated carbocycles. The van der Waals surface area contributed by atoms with Crippen molar-refractivity contribution in [2.24, 2.45) is 7.05 Å². The maximum Gasteiger partial charge on any atom is 0.307 e. The van der Waals surface area contributed by atoms with E-state index in [1.807, 2.05) is 50.5 Å². The van der Waals surface area contributed by atoms with Crippen LogP contribution < -0.4 is 5.32 Å². The Morgan fingerprint density at radius 2 is 1.93 bits per heavy atom. The topological polar surface area (TPSA) is 94.3 Å². The average Bonchev–Trinajstić information content (AvgIpc) is 3.74. The van der Waals surface area contributed by atoms with Gasteiger partial charge in [0.25, 0.3) is 0 Å². The Bertz CT molecular complexity index is 1600. The summed E-state index contributed by atoms with van der Waals surface area (Å²) in [6, 6.07) is 12.9. The summed E-state index contributed by atoms with van der Waals surface area (Å²) in [6.45, 7) is 3.14. The van der Waals surface area contributed by atoms with Gasteiger partial charge >= 0.3 is 5.97 Å². The molecule has 2 saturated heterocycles. The number of carbonyl (C=O) groups is 2. The van der Waals surface area contributed by atoms with E-state index < -0.39 is 11.6 Å². The Balaban J connectivity index is 1.28. The SMILES string of the molecule is Cc1c(-c2cnn(C)c2)nn(-c2ccccc2)c1CC(=O)N[C@@H]1CN(C2COC(=O)C2)C[C@H]1c1ccc(F)c(F)c1. The molecular weight excluding hydrogens is 530 g/mol. The minimum Gasteiger partial charge on any atom is -0.464 e. The van der Waals surface area contributed by atoms with Crippen LogP contribution >= 0.6 is 0 Å². The number of benzene rings is 2. The van der Waals surface area contributed by atoms with E-state index in [2.05, 4.69) is 15.3 Å². The third-order valence-electron chi connectivity index (χ3n) is 7.97. The van der Waals surface area contributed by atoms with Crippen molar-refractivity contribution in [2.45, 2.75) is 37.8 Å². The van der Waals surface area contributed by atoms with E-state index in [0.29, 0.717) is 18.7 Å². The highest BCUT2D eigenvalue weighted by molar-refractivity contribution is 5.80. The Labute approximate surface area is 235 Å². The first-order chi connectivity index (χ1) is 19.8. The largest absolute Gasteiger partial charge is 0.464 e. The zero-order chi connectivity index (χ0) is 28.7. The van der Waals surface area contributed by atoms with Crippen LogP contribution in [0.4, 0.5) is 8.78 Å². The normalized spacial score (nSPS) is 20.9. The molecule has 2 aromatic heterocycles. The van der Waals surface area contributed by atoms with E-state index >= 15 is 0 Å². The number of esters is 1. The third kappa shape index (κ3) is 5.37. The first-order valence-corrected chi connectivity index (χ1v) is 13.5. The molecular formula is C30H30F2N6O3. The number of aryl methyl sites for hydroxylation is 1. The van der Waals surface area contributed by atoms with Gasteiger partial charge in [-0.2, -0.15) is 10.2 Å². The summed E-state index contributed by atoms with van der Waals surface area (Å²) < 4.78 is 36.6. The minimum atomic E-state index is -0.935. The van der Waals surface area contributed by atoms with Crippen LogP contribution in [-0.4, -0.2) is 68.1 Å². The Hall–Kier alpha value is -4.38. The summed E-state index contributed by atoms with van der Waals surface area (Å²) in [6.07, 6.45) is 3.94. The monoisotopic (exact) mass is 560 g/mol. The van der Waals surface area contributed by atoms with E-state index in [4.69, 9.17) is 9.84 Å². The molecule has 2 fully saturated rings. The van der Waals surface area contributed by atoms with Gasteiger partial charge in [-0.25, -0.2) is 13.5 Å². The summed E-state index contributed by atoms with van der Waals surface area (Å²) in [4.78, 5) is 27.5. The third-order valence-corrected chi connectivity index (χ3v) is 7.97. The van der Waals surface area contributed by atoms with Crippen LogP contribution in [0, 0.1) is 18.6 Å². The number of hydrogen-bond acceptors (Lipinski definition) is 6. The Kier molecular flexibility index (Phi) is 7.12. The van der Waals surface area contributed by atoms with Gasteiger partial charge in [-0.15, -0.1) is 0 Å². The van der Waals surface area contributed by atoms with Crippen LogP contribution in [0.2, 0.25) is 0 Å². The maximum atomic E-state index is 14.2. The van der Waals surface area contributed by atoms with Crippen molar-refractivity contribution >= 4 is 11.9 Å². The van der Waals surface area contributed by atoms with Crippen LogP contribution in [0.5, 0.6) is 0 Å². The van der Waals surface area contributed by atoms with E-state index in [0.717, 1.165) is 34.3 Å². The maximum absolute atomic E-state index is 14.2. The van der Waals surface area contributed by atoms with Crippen molar-refractivity contribution in [3.8, 4) is 16.9 Å². The lowest BCUT2D eigenvalue weighted by atomic mass is 9.94. The number of nitrogens with zero attached hydrogens (tertiary/aromatic N) is 5. The number of cyclic esters (lactones) is 1. The molecule has 2 aliphatic rings. The van der Waals surface area contributed by atoms with Gasteiger partial charge in [-0.1, -0.05) is 24.3 Å². The predicted molar refractivity (Wildman–Crippen MR) is 146 cm³/mol. The molecule has 4 heterocycles. The van der Waals surface area contributed by atoms with Crippen molar-refractivity contribution in [2.75, 3.05) is 19.7 Å². The van der Waals surface area contributed by atoms with E-state index in [1.54, 1.807) is 21.6 Å². The smallest absolute Gasteiger partial charge is 0.307 e. The van der Waals surface area contributed by atoms with E-state index in [9.17, 15) is 18.4 Å². The van der Waals surface area contributed by atoms with Gasteiger partial charge in [-0.3, -0.25) is 19.2 Å². The summed E-state index contributed by atoms with van der Waals surface area (Å²) in [5.41, 5.74) is 4.60. The zero-order valence-corrected chi connectivity index (χ0v) is 22.8. The zero-order valence-electron chi connectivity index (χ0n) is 22.8. The second kappa shape index (κ2) is 10.9. The first kappa shape index (κ1) is 26.8. The number of carbonyl (C=O) groups excluding carboxylic acids is 2. The number of amides is 1. The molecule has 2 aliphatic heterocycles. The number of rotatable bonds is 7. The van der Waals surface area contributed by atoms with Gasteiger partial charge in [0.1, 0.15) is 6.61 Å². The van der Waals surface area contributed by atoms with Crippen molar-refractivity contribution in [3.63, 3.8) is 0 Å². The number of ether oxygens (including phenoxy) is 1. The highest BCUT2D eigenvalue weighted by Crippen LogP contribution is 2.32. The number of aromatic nitrogens is 4. The lowest BCUT2D eigenvalue weighted by molar-refractivity contribution is -0.138. The molecule has 4 aromatic rings. The van der Waals surface area contributed by atoms with Gasteiger partial charge in [0.15, 0.2) is 11.6 Å². The van der Waals surface area contributed by atoms with Gasteiger partial charge in [-0.05, 0) is 42.3 Å². The van der Waals surface area contributed by atoms with Gasteiger partial charge in [0, 0.05) is 43.9 Å². The molecule has 0 spiro atoms. The molecule has 11 heteroatoms. The van der Waals surface area contributed by atoms with Crippen molar-refractivity contribution in [1.82, 2.24) is 29.8 Å². The molecule has 2 aromatic carbocycles. The average molecular weight is 561 g/mol. The van der Waals surface area contributed by atoms with Crippen molar-refractivity contribution < 1.29 is 23.1 Å². The number of halogens is 2. The minimum absolute atomic E-state index is 0.0556. The molecule has 0 aliphatic carbocycles. The first-order valence-electron chi connectivity index (χ1n) is 13.5. The fraction of sp³-hybridized carbons (Fsp3) is 0.333. The van der Waals surface area contributed by atoms with Crippen LogP contribution in [-0.2, 0) is 27.8 Å².